The number of likely N-dealkylation sites (N-methyl/N-ethyl adjacent to an activating group) is 1. The Hall–Kier alpha value is -3.83. The molecule has 0 spiro atoms. The fourth-order valence-corrected chi connectivity index (χ4v) is 3.23. The summed E-state index contributed by atoms with van der Waals surface area (Å²) in [7, 11) is 2.74. The number of hydrogen-bond acceptors (Lipinski definition) is 7. The van der Waals surface area contributed by atoms with Crippen LogP contribution in [0.15, 0.2) is 42.6 Å². The Morgan fingerprint density at radius 1 is 1.22 bits per heavy atom. The molecule has 1 amide bonds. The van der Waals surface area contributed by atoms with Crippen molar-refractivity contribution in [1.82, 2.24) is 24.9 Å². The lowest BCUT2D eigenvalue weighted by Crippen LogP contribution is -2.42. The molecule has 0 radical (unpaired) electrons. The molecule has 4 rings (SSSR count). The Kier molecular flexibility index (Phi) is 5.59. The third kappa shape index (κ3) is 4.15. The Balaban J connectivity index is 1.57. The molecule has 9 nitrogen and oxygen atoms in total. The number of fused-ring (bicyclic) bond motifs is 1. The number of hydrogen-bond donors (Lipinski definition) is 0. The molecule has 0 unspecified atom stereocenters. The molecule has 0 N–H and O–H groups in total. The lowest BCUT2D eigenvalue weighted by Gasteiger charge is -2.29. The molecule has 32 heavy (non-hydrogen) atoms. The van der Waals surface area contributed by atoms with Gasteiger partial charge in [-0.1, -0.05) is 12.1 Å². The second-order valence-corrected chi connectivity index (χ2v) is 6.93. The minimum absolute atomic E-state index is 0.0119. The van der Waals surface area contributed by atoms with E-state index in [1.807, 2.05) is 0 Å². The van der Waals surface area contributed by atoms with Crippen LogP contribution in [0, 0.1) is 0 Å². The highest BCUT2D eigenvalue weighted by atomic mass is 19.4. The van der Waals surface area contributed by atoms with Crippen LogP contribution in [0.5, 0.6) is 17.4 Å². The van der Waals surface area contributed by atoms with Gasteiger partial charge in [-0.25, -0.2) is 4.68 Å². The van der Waals surface area contributed by atoms with Crippen molar-refractivity contribution >= 4 is 5.91 Å². The zero-order valence-corrected chi connectivity index (χ0v) is 17.0. The quantitative estimate of drug-likeness (QED) is 0.591. The number of benzene rings is 1. The number of methoxy groups -OCH3 is 1. The van der Waals surface area contributed by atoms with Crippen molar-refractivity contribution in [2.24, 2.45) is 0 Å². The van der Waals surface area contributed by atoms with Crippen molar-refractivity contribution in [1.29, 1.82) is 0 Å². The molecular weight excluding hydrogens is 431 g/mol. The summed E-state index contributed by atoms with van der Waals surface area (Å²) in [6.07, 6.45) is -4.55. The van der Waals surface area contributed by atoms with E-state index >= 15 is 0 Å². The number of rotatable bonds is 5. The maximum atomic E-state index is 13.9. The van der Waals surface area contributed by atoms with E-state index in [1.54, 1.807) is 24.3 Å². The first-order chi connectivity index (χ1) is 15.3. The smallest absolute Gasteiger partial charge is 0.434 e. The van der Waals surface area contributed by atoms with E-state index in [0.29, 0.717) is 16.2 Å². The van der Waals surface area contributed by atoms with Gasteiger partial charge in [0.1, 0.15) is 6.61 Å². The topological polar surface area (TPSA) is 91.6 Å². The molecule has 3 aromatic rings. The van der Waals surface area contributed by atoms with Gasteiger partial charge in [-0.15, -0.1) is 10.2 Å². The lowest BCUT2D eigenvalue weighted by atomic mass is 10.2. The highest BCUT2D eigenvalue weighted by Gasteiger charge is 2.41. The van der Waals surface area contributed by atoms with Crippen molar-refractivity contribution in [3.8, 4) is 23.2 Å². The number of halogens is 3. The van der Waals surface area contributed by atoms with Gasteiger partial charge in [0.15, 0.2) is 29.1 Å². The van der Waals surface area contributed by atoms with Gasteiger partial charge >= 0.3 is 6.18 Å². The molecular formula is C20H18F3N5O4. The summed E-state index contributed by atoms with van der Waals surface area (Å²) < 4.78 is 58.4. The molecule has 1 atom stereocenters. The summed E-state index contributed by atoms with van der Waals surface area (Å²) >= 11 is 0. The number of carbonyl (C=O) groups is 1. The van der Waals surface area contributed by atoms with Crippen molar-refractivity contribution < 1.29 is 32.2 Å². The third-order valence-electron chi connectivity index (χ3n) is 4.71. The summed E-state index contributed by atoms with van der Waals surface area (Å²) in [4.78, 5) is 14.0. The van der Waals surface area contributed by atoms with Crippen LogP contribution in [0.3, 0.4) is 0 Å². The van der Waals surface area contributed by atoms with Gasteiger partial charge in [-0.2, -0.15) is 18.3 Å². The van der Waals surface area contributed by atoms with E-state index in [1.165, 1.54) is 26.3 Å². The van der Waals surface area contributed by atoms with E-state index in [4.69, 9.17) is 14.2 Å². The summed E-state index contributed by atoms with van der Waals surface area (Å²) in [5.41, 5.74) is -1.87. The highest BCUT2D eigenvalue weighted by Crippen LogP contribution is 2.34. The maximum absolute atomic E-state index is 13.9. The first-order valence-corrected chi connectivity index (χ1v) is 9.45. The second kappa shape index (κ2) is 8.36. The van der Waals surface area contributed by atoms with Crippen LogP contribution in [0.1, 0.15) is 16.1 Å². The predicted octanol–water partition coefficient (Wildman–Crippen LogP) is 2.60. The SMILES string of the molecule is COc1ccc(-n2ncc(C(=O)N(C)C[C@@H]3COc4ccccc4O3)c2C(F)(F)F)nn1. The molecule has 0 saturated heterocycles. The van der Waals surface area contributed by atoms with Crippen LogP contribution in [0.2, 0.25) is 0 Å². The summed E-state index contributed by atoms with van der Waals surface area (Å²) in [6.45, 7) is 0.166. The summed E-state index contributed by atoms with van der Waals surface area (Å²) in [6, 6.07) is 9.62. The van der Waals surface area contributed by atoms with Crippen molar-refractivity contribution in [2.75, 3.05) is 27.3 Å². The second-order valence-electron chi connectivity index (χ2n) is 6.93. The molecule has 0 fully saturated rings. The third-order valence-corrected chi connectivity index (χ3v) is 4.71. The minimum atomic E-state index is -4.87. The molecule has 1 aromatic carbocycles. The van der Waals surface area contributed by atoms with E-state index in [9.17, 15) is 18.0 Å². The monoisotopic (exact) mass is 449 g/mol. The fraction of sp³-hybridized carbons (Fsp3) is 0.300. The number of para-hydroxylation sites is 2. The molecule has 0 saturated carbocycles. The standard InChI is InChI=1S/C20H18F3N5O4/c1-27(10-12-11-31-14-5-3-4-6-15(14)32-12)19(29)13-9-24-28(18(13)20(21,22)23)16-7-8-17(30-2)26-25-16/h3-9,12H,10-11H2,1-2H3/t12-/m1/s1. The van der Waals surface area contributed by atoms with Crippen LogP contribution < -0.4 is 14.2 Å². The number of alkyl halides is 3. The Labute approximate surface area is 180 Å². The van der Waals surface area contributed by atoms with Crippen LogP contribution in [0.4, 0.5) is 13.2 Å². The minimum Gasteiger partial charge on any atom is -0.486 e. The van der Waals surface area contributed by atoms with Crippen molar-refractivity contribution in [2.45, 2.75) is 12.3 Å². The van der Waals surface area contributed by atoms with Gasteiger partial charge < -0.3 is 19.1 Å². The first kappa shape index (κ1) is 21.4. The molecule has 0 bridgehead atoms. The Bertz CT molecular complexity index is 1120. The van der Waals surface area contributed by atoms with E-state index in [0.717, 1.165) is 11.1 Å². The summed E-state index contributed by atoms with van der Waals surface area (Å²) in [5.74, 6) is 0.125. The lowest BCUT2D eigenvalue weighted by molar-refractivity contribution is -0.143. The Morgan fingerprint density at radius 2 is 1.97 bits per heavy atom. The van der Waals surface area contributed by atoms with Crippen LogP contribution in [0.25, 0.3) is 5.82 Å². The average molecular weight is 449 g/mol. The molecule has 2 aromatic heterocycles. The average Bonchev–Trinajstić information content (AvgIpc) is 3.24. The van der Waals surface area contributed by atoms with E-state index < -0.39 is 29.4 Å². The van der Waals surface area contributed by atoms with Gasteiger partial charge in [0.2, 0.25) is 5.88 Å². The van der Waals surface area contributed by atoms with Crippen LogP contribution in [-0.4, -0.2) is 64.2 Å². The van der Waals surface area contributed by atoms with E-state index in [-0.39, 0.29) is 24.8 Å². The van der Waals surface area contributed by atoms with Gasteiger partial charge in [0.25, 0.3) is 5.91 Å². The molecule has 168 valence electrons. The predicted molar refractivity (Wildman–Crippen MR) is 104 cm³/mol. The zero-order valence-electron chi connectivity index (χ0n) is 17.0. The Morgan fingerprint density at radius 3 is 2.62 bits per heavy atom. The fourth-order valence-electron chi connectivity index (χ4n) is 3.23. The molecule has 1 aliphatic rings. The number of ether oxygens (including phenoxy) is 3. The summed E-state index contributed by atoms with van der Waals surface area (Å²) in [5, 5.41) is 11.1. The number of nitrogens with zero attached hydrogens (tertiary/aromatic N) is 5. The molecule has 3 heterocycles. The van der Waals surface area contributed by atoms with Crippen molar-refractivity contribution in [3.63, 3.8) is 0 Å². The molecule has 1 aliphatic heterocycles. The number of amides is 1. The normalized spacial score (nSPS) is 15.3. The van der Waals surface area contributed by atoms with Crippen LogP contribution >= 0.6 is 0 Å². The highest BCUT2D eigenvalue weighted by molar-refractivity contribution is 5.95. The number of carbonyl (C=O) groups excluding carboxylic acids is 1. The molecule has 0 aliphatic carbocycles. The van der Waals surface area contributed by atoms with Gasteiger partial charge in [0.05, 0.1) is 25.4 Å². The van der Waals surface area contributed by atoms with Gasteiger partial charge in [-0.3, -0.25) is 4.79 Å². The first-order valence-electron chi connectivity index (χ1n) is 9.45. The molecule has 12 heteroatoms. The van der Waals surface area contributed by atoms with Gasteiger partial charge in [-0.05, 0) is 18.2 Å². The zero-order chi connectivity index (χ0) is 22.9. The van der Waals surface area contributed by atoms with Crippen LogP contribution in [-0.2, 0) is 6.18 Å². The van der Waals surface area contributed by atoms with Gasteiger partial charge in [0, 0.05) is 13.1 Å². The van der Waals surface area contributed by atoms with E-state index in [2.05, 4.69) is 15.3 Å². The number of aromatic nitrogens is 4. The largest absolute Gasteiger partial charge is 0.486 e. The van der Waals surface area contributed by atoms with Crippen molar-refractivity contribution in [3.05, 3.63) is 53.9 Å². The maximum Gasteiger partial charge on any atom is 0.434 e.